The van der Waals surface area contributed by atoms with Gasteiger partial charge in [-0.05, 0) is 18.2 Å². The molecule has 0 bridgehead atoms. The highest BCUT2D eigenvalue weighted by atomic mass is 16.5. The first-order valence-electron chi connectivity index (χ1n) is 7.76. The van der Waals surface area contributed by atoms with E-state index in [1.54, 1.807) is 31.5 Å². The molecule has 0 aliphatic carbocycles. The minimum atomic E-state index is -0.559. The molecule has 7 nitrogen and oxygen atoms in total. The average molecular weight is 327 g/mol. The van der Waals surface area contributed by atoms with Crippen LogP contribution in [0.25, 0.3) is 22.4 Å². The Morgan fingerprint density at radius 1 is 1.21 bits per heavy atom. The van der Waals surface area contributed by atoms with Gasteiger partial charge < -0.3 is 19.1 Å². The molecule has 3 aromatic rings. The van der Waals surface area contributed by atoms with Crippen LogP contribution in [-0.2, 0) is 15.1 Å². The van der Waals surface area contributed by atoms with Gasteiger partial charge in [0.15, 0.2) is 0 Å². The molecule has 1 fully saturated rings. The van der Waals surface area contributed by atoms with E-state index >= 15 is 0 Å². The molecule has 7 heteroatoms. The smallest absolute Gasteiger partial charge is 0.259 e. The second-order valence-corrected chi connectivity index (χ2v) is 5.83. The van der Waals surface area contributed by atoms with Gasteiger partial charge in [-0.1, -0.05) is 5.16 Å². The summed E-state index contributed by atoms with van der Waals surface area (Å²) in [6.07, 6.45) is 3.04. The van der Waals surface area contributed by atoms with Crippen molar-refractivity contribution in [3.8, 4) is 17.2 Å². The van der Waals surface area contributed by atoms with E-state index in [1.807, 2.05) is 6.07 Å². The number of methoxy groups -OCH3 is 1. The SMILES string of the molecule is COC1(c2noc(-c3cnc4cc(O)ccc4c3)n2)CCOCC1. The number of phenols is 1. The molecule has 1 N–H and O–H groups in total. The first-order chi connectivity index (χ1) is 11.7. The van der Waals surface area contributed by atoms with E-state index in [0.717, 1.165) is 10.9 Å². The molecule has 0 atom stereocenters. The minimum Gasteiger partial charge on any atom is -0.508 e. The molecule has 4 rings (SSSR count). The number of aromatic hydroxyl groups is 1. The number of rotatable bonds is 3. The monoisotopic (exact) mass is 327 g/mol. The molecule has 1 aliphatic rings. The first kappa shape index (κ1) is 15.0. The van der Waals surface area contributed by atoms with Crippen molar-refractivity contribution in [1.82, 2.24) is 15.1 Å². The Kier molecular flexibility index (Phi) is 3.66. The third-order valence-electron chi connectivity index (χ3n) is 4.44. The number of pyridine rings is 1. The van der Waals surface area contributed by atoms with Crippen LogP contribution in [0.1, 0.15) is 18.7 Å². The number of phenolic OH excluding ortho intramolecular Hbond substituents is 1. The number of fused-ring (bicyclic) bond motifs is 1. The Bertz CT molecular complexity index is 871. The van der Waals surface area contributed by atoms with Gasteiger partial charge in [-0.3, -0.25) is 4.98 Å². The largest absolute Gasteiger partial charge is 0.508 e. The number of aromatic nitrogens is 3. The summed E-state index contributed by atoms with van der Waals surface area (Å²) in [6.45, 7) is 1.22. The molecule has 0 amide bonds. The Morgan fingerprint density at radius 3 is 2.83 bits per heavy atom. The normalized spacial score (nSPS) is 17.2. The highest BCUT2D eigenvalue weighted by molar-refractivity contribution is 5.83. The Hall–Kier alpha value is -2.51. The van der Waals surface area contributed by atoms with Gasteiger partial charge in [-0.25, -0.2) is 0 Å². The lowest BCUT2D eigenvalue weighted by Gasteiger charge is -2.32. The summed E-state index contributed by atoms with van der Waals surface area (Å²) in [6, 6.07) is 6.94. The number of hydrogen-bond acceptors (Lipinski definition) is 7. The molecule has 3 heterocycles. The van der Waals surface area contributed by atoms with Gasteiger partial charge in [0.05, 0.1) is 11.1 Å². The fourth-order valence-corrected chi connectivity index (χ4v) is 2.97. The van der Waals surface area contributed by atoms with Gasteiger partial charge in [0.25, 0.3) is 5.89 Å². The number of ether oxygens (including phenoxy) is 2. The predicted octanol–water partition coefficient (Wildman–Crippen LogP) is 2.64. The summed E-state index contributed by atoms with van der Waals surface area (Å²) in [5.74, 6) is 1.12. The summed E-state index contributed by atoms with van der Waals surface area (Å²) in [4.78, 5) is 8.86. The third-order valence-corrected chi connectivity index (χ3v) is 4.44. The topological polar surface area (TPSA) is 90.5 Å². The van der Waals surface area contributed by atoms with Crippen molar-refractivity contribution in [3.63, 3.8) is 0 Å². The van der Waals surface area contributed by atoms with Crippen LogP contribution >= 0.6 is 0 Å². The summed E-state index contributed by atoms with van der Waals surface area (Å²) < 4.78 is 16.5. The first-order valence-corrected chi connectivity index (χ1v) is 7.76. The lowest BCUT2D eigenvalue weighted by molar-refractivity contribution is -0.101. The average Bonchev–Trinajstić information content (AvgIpc) is 3.12. The van der Waals surface area contributed by atoms with E-state index in [2.05, 4.69) is 15.1 Å². The van der Waals surface area contributed by atoms with Gasteiger partial charge in [-0.15, -0.1) is 0 Å². The van der Waals surface area contributed by atoms with Crippen LogP contribution in [0.15, 0.2) is 35.0 Å². The predicted molar refractivity (Wildman–Crippen MR) is 85.4 cm³/mol. The fourth-order valence-electron chi connectivity index (χ4n) is 2.97. The Morgan fingerprint density at radius 2 is 2.04 bits per heavy atom. The standard InChI is InChI=1S/C17H17N3O4/c1-22-17(4-6-23-7-5-17)16-19-15(24-20-16)12-8-11-2-3-13(21)9-14(11)18-10-12/h2-3,8-10,21H,4-7H2,1H3. The van der Waals surface area contributed by atoms with Crippen molar-refractivity contribution in [2.75, 3.05) is 20.3 Å². The molecule has 1 aliphatic heterocycles. The van der Waals surface area contributed by atoms with E-state index in [-0.39, 0.29) is 5.75 Å². The molecule has 0 spiro atoms. The zero-order chi connectivity index (χ0) is 16.6. The number of benzene rings is 1. The molecule has 1 saturated heterocycles. The summed E-state index contributed by atoms with van der Waals surface area (Å²) in [5.41, 5.74) is 0.873. The Labute approximate surface area is 138 Å². The van der Waals surface area contributed by atoms with Gasteiger partial charge in [0.1, 0.15) is 11.4 Å². The molecule has 2 aromatic heterocycles. The van der Waals surface area contributed by atoms with Crippen LogP contribution in [0.5, 0.6) is 5.75 Å². The molecule has 0 radical (unpaired) electrons. The van der Waals surface area contributed by atoms with Crippen molar-refractivity contribution >= 4 is 10.9 Å². The molecule has 124 valence electrons. The lowest BCUT2D eigenvalue weighted by atomic mass is 9.93. The van der Waals surface area contributed by atoms with Crippen LogP contribution in [0.2, 0.25) is 0 Å². The lowest BCUT2D eigenvalue weighted by Crippen LogP contribution is -2.36. The van der Waals surface area contributed by atoms with E-state index in [0.29, 0.717) is 43.3 Å². The fraction of sp³-hybridized carbons (Fsp3) is 0.353. The second kappa shape index (κ2) is 5.85. The van der Waals surface area contributed by atoms with E-state index < -0.39 is 5.60 Å². The molecule has 0 unspecified atom stereocenters. The van der Waals surface area contributed by atoms with Crippen LogP contribution in [0, 0.1) is 0 Å². The molecular formula is C17H17N3O4. The maximum atomic E-state index is 9.51. The summed E-state index contributed by atoms with van der Waals surface area (Å²) in [5, 5.41) is 14.5. The van der Waals surface area contributed by atoms with Crippen molar-refractivity contribution in [1.29, 1.82) is 0 Å². The van der Waals surface area contributed by atoms with E-state index in [4.69, 9.17) is 14.0 Å². The maximum Gasteiger partial charge on any atom is 0.259 e. The molecule has 1 aromatic carbocycles. The van der Waals surface area contributed by atoms with Gasteiger partial charge >= 0.3 is 0 Å². The quantitative estimate of drug-likeness (QED) is 0.790. The highest BCUT2D eigenvalue weighted by Crippen LogP contribution is 2.35. The van der Waals surface area contributed by atoms with Crippen molar-refractivity contribution in [2.45, 2.75) is 18.4 Å². The van der Waals surface area contributed by atoms with Crippen molar-refractivity contribution in [2.24, 2.45) is 0 Å². The molecule has 0 saturated carbocycles. The molecule has 24 heavy (non-hydrogen) atoms. The van der Waals surface area contributed by atoms with Crippen LogP contribution in [-0.4, -0.2) is 40.6 Å². The molecular weight excluding hydrogens is 310 g/mol. The third kappa shape index (κ3) is 2.51. The van der Waals surface area contributed by atoms with Gasteiger partial charge in [0, 0.05) is 50.8 Å². The van der Waals surface area contributed by atoms with Gasteiger partial charge in [0.2, 0.25) is 5.82 Å². The van der Waals surface area contributed by atoms with E-state index in [9.17, 15) is 5.11 Å². The zero-order valence-corrected chi connectivity index (χ0v) is 13.2. The second-order valence-electron chi connectivity index (χ2n) is 5.83. The minimum absolute atomic E-state index is 0.185. The number of nitrogens with zero attached hydrogens (tertiary/aromatic N) is 3. The number of hydrogen-bond donors (Lipinski definition) is 1. The summed E-state index contributed by atoms with van der Waals surface area (Å²) in [7, 11) is 1.66. The van der Waals surface area contributed by atoms with Crippen LogP contribution < -0.4 is 0 Å². The van der Waals surface area contributed by atoms with Crippen LogP contribution in [0.3, 0.4) is 0 Å². The highest BCUT2D eigenvalue weighted by Gasteiger charge is 2.39. The summed E-state index contributed by atoms with van der Waals surface area (Å²) >= 11 is 0. The van der Waals surface area contributed by atoms with Crippen LogP contribution in [0.4, 0.5) is 0 Å². The van der Waals surface area contributed by atoms with Gasteiger partial charge in [-0.2, -0.15) is 4.98 Å². The van der Waals surface area contributed by atoms with Crippen molar-refractivity contribution in [3.05, 3.63) is 36.3 Å². The zero-order valence-electron chi connectivity index (χ0n) is 13.2. The maximum absolute atomic E-state index is 9.51. The Balaban J connectivity index is 1.70. The van der Waals surface area contributed by atoms with E-state index in [1.165, 1.54) is 0 Å². The van der Waals surface area contributed by atoms with Crippen molar-refractivity contribution < 1.29 is 19.1 Å².